The Kier molecular flexibility index (Phi) is 6.07. The SMILES string of the molecule is COc1ccccc1C1=C(N(C)C2CCN(C)CC2)C(=O)N(c2ccc(C)c(C)c2)C1=O. The highest BCUT2D eigenvalue weighted by atomic mass is 16.5. The van der Waals surface area contributed by atoms with Gasteiger partial charge in [-0.3, -0.25) is 9.59 Å². The van der Waals surface area contributed by atoms with Gasteiger partial charge in [0.2, 0.25) is 0 Å². The topological polar surface area (TPSA) is 53.1 Å². The van der Waals surface area contributed by atoms with Crippen LogP contribution in [0.4, 0.5) is 5.69 Å². The molecule has 0 aromatic heterocycles. The van der Waals surface area contributed by atoms with Crippen LogP contribution in [0, 0.1) is 13.8 Å². The Labute approximate surface area is 190 Å². The van der Waals surface area contributed by atoms with Crippen LogP contribution in [0.25, 0.3) is 5.57 Å². The van der Waals surface area contributed by atoms with Crippen LogP contribution in [0.5, 0.6) is 5.75 Å². The van der Waals surface area contributed by atoms with Crippen molar-refractivity contribution in [3.63, 3.8) is 0 Å². The Morgan fingerprint density at radius 3 is 2.31 bits per heavy atom. The first-order chi connectivity index (χ1) is 15.3. The molecule has 0 bridgehead atoms. The molecule has 0 radical (unpaired) electrons. The van der Waals surface area contributed by atoms with Crippen LogP contribution in [-0.2, 0) is 9.59 Å². The quantitative estimate of drug-likeness (QED) is 0.674. The number of hydrogen-bond donors (Lipinski definition) is 0. The summed E-state index contributed by atoms with van der Waals surface area (Å²) in [6.45, 7) is 5.94. The average molecular weight is 434 g/mol. The van der Waals surface area contributed by atoms with E-state index in [4.69, 9.17) is 4.74 Å². The summed E-state index contributed by atoms with van der Waals surface area (Å²) in [7, 11) is 5.64. The molecule has 0 unspecified atom stereocenters. The molecular formula is C26H31N3O3. The van der Waals surface area contributed by atoms with Crippen molar-refractivity contribution in [3.05, 3.63) is 64.9 Å². The number of piperidine rings is 1. The van der Waals surface area contributed by atoms with Crippen LogP contribution in [-0.4, -0.2) is 62.0 Å². The van der Waals surface area contributed by atoms with Crippen LogP contribution in [0.3, 0.4) is 0 Å². The van der Waals surface area contributed by atoms with Crippen molar-refractivity contribution < 1.29 is 14.3 Å². The zero-order valence-electron chi connectivity index (χ0n) is 19.5. The third-order valence-corrected chi connectivity index (χ3v) is 6.77. The normalized spacial score (nSPS) is 18.0. The first-order valence-corrected chi connectivity index (χ1v) is 11.1. The van der Waals surface area contributed by atoms with Crippen LogP contribution < -0.4 is 9.64 Å². The number of rotatable bonds is 5. The van der Waals surface area contributed by atoms with Crippen molar-refractivity contribution in [1.82, 2.24) is 9.80 Å². The summed E-state index contributed by atoms with van der Waals surface area (Å²) < 4.78 is 5.56. The zero-order chi connectivity index (χ0) is 23.0. The molecule has 4 rings (SSSR count). The van der Waals surface area contributed by atoms with Crippen molar-refractivity contribution in [2.75, 3.05) is 39.2 Å². The van der Waals surface area contributed by atoms with Crippen molar-refractivity contribution >= 4 is 23.1 Å². The van der Waals surface area contributed by atoms with Crippen LogP contribution in [0.1, 0.15) is 29.5 Å². The Balaban J connectivity index is 1.83. The van der Waals surface area contributed by atoms with E-state index in [1.54, 1.807) is 7.11 Å². The van der Waals surface area contributed by atoms with E-state index < -0.39 is 0 Å². The molecule has 2 aliphatic rings. The third kappa shape index (κ3) is 3.79. The van der Waals surface area contributed by atoms with Gasteiger partial charge in [-0.15, -0.1) is 0 Å². The summed E-state index contributed by atoms with van der Waals surface area (Å²) >= 11 is 0. The predicted octanol–water partition coefficient (Wildman–Crippen LogP) is 3.62. The van der Waals surface area contributed by atoms with Gasteiger partial charge in [0.25, 0.3) is 11.8 Å². The van der Waals surface area contributed by atoms with E-state index in [1.165, 1.54) is 4.90 Å². The minimum Gasteiger partial charge on any atom is -0.496 e. The number of ether oxygens (including phenoxy) is 1. The number of anilines is 1. The van der Waals surface area contributed by atoms with E-state index in [2.05, 4.69) is 11.9 Å². The van der Waals surface area contributed by atoms with Crippen LogP contribution >= 0.6 is 0 Å². The lowest BCUT2D eigenvalue weighted by molar-refractivity contribution is -0.120. The number of likely N-dealkylation sites (N-methyl/N-ethyl adjacent to an activating group) is 1. The number of amides is 2. The van der Waals surface area contributed by atoms with Crippen molar-refractivity contribution in [1.29, 1.82) is 0 Å². The summed E-state index contributed by atoms with van der Waals surface area (Å²) in [5.41, 5.74) is 4.27. The summed E-state index contributed by atoms with van der Waals surface area (Å²) in [6.07, 6.45) is 1.89. The molecule has 6 heteroatoms. The molecule has 1 saturated heterocycles. The lowest BCUT2D eigenvalue weighted by Crippen LogP contribution is -2.43. The predicted molar refractivity (Wildman–Crippen MR) is 127 cm³/mol. The number of carbonyl (C=O) groups excluding carboxylic acids is 2. The number of carbonyl (C=O) groups is 2. The largest absolute Gasteiger partial charge is 0.496 e. The molecule has 2 aromatic carbocycles. The number of methoxy groups -OCH3 is 1. The maximum atomic E-state index is 13.8. The zero-order valence-corrected chi connectivity index (χ0v) is 19.5. The number of para-hydroxylation sites is 1. The number of nitrogens with zero attached hydrogens (tertiary/aromatic N) is 3. The number of benzene rings is 2. The molecule has 2 aliphatic heterocycles. The smallest absolute Gasteiger partial charge is 0.282 e. The molecule has 0 atom stereocenters. The van der Waals surface area contributed by atoms with E-state index in [-0.39, 0.29) is 17.9 Å². The summed E-state index contributed by atoms with van der Waals surface area (Å²) in [5, 5.41) is 0. The number of imide groups is 1. The van der Waals surface area contributed by atoms with E-state index in [9.17, 15) is 9.59 Å². The first-order valence-electron chi connectivity index (χ1n) is 11.1. The van der Waals surface area contributed by atoms with E-state index in [0.717, 1.165) is 37.1 Å². The van der Waals surface area contributed by atoms with E-state index in [0.29, 0.717) is 28.3 Å². The fourth-order valence-corrected chi connectivity index (χ4v) is 4.60. The molecule has 6 nitrogen and oxygen atoms in total. The van der Waals surface area contributed by atoms with Crippen molar-refractivity contribution in [2.45, 2.75) is 32.7 Å². The number of likely N-dealkylation sites (tertiary alicyclic amines) is 1. The summed E-state index contributed by atoms with van der Waals surface area (Å²) in [4.78, 5) is 33.2. The molecule has 0 N–H and O–H groups in total. The van der Waals surface area contributed by atoms with E-state index in [1.807, 2.05) is 68.3 Å². The van der Waals surface area contributed by atoms with Gasteiger partial charge in [-0.1, -0.05) is 24.3 Å². The van der Waals surface area contributed by atoms with Gasteiger partial charge in [0.05, 0.1) is 18.4 Å². The first kappa shape index (κ1) is 22.1. The maximum absolute atomic E-state index is 13.8. The summed E-state index contributed by atoms with van der Waals surface area (Å²) in [5.74, 6) is -0.00187. The molecule has 1 fully saturated rings. The Morgan fingerprint density at radius 1 is 0.969 bits per heavy atom. The van der Waals surface area contributed by atoms with Gasteiger partial charge in [0, 0.05) is 18.7 Å². The molecule has 2 aromatic rings. The monoisotopic (exact) mass is 433 g/mol. The highest BCUT2D eigenvalue weighted by Crippen LogP contribution is 2.39. The molecule has 0 saturated carbocycles. The second-order valence-corrected chi connectivity index (χ2v) is 8.78. The van der Waals surface area contributed by atoms with Crippen LogP contribution in [0.15, 0.2) is 48.2 Å². The lowest BCUT2D eigenvalue weighted by Gasteiger charge is -2.36. The van der Waals surface area contributed by atoms with Gasteiger partial charge in [0.15, 0.2) is 0 Å². The third-order valence-electron chi connectivity index (χ3n) is 6.77. The fraction of sp³-hybridized carbons (Fsp3) is 0.385. The Morgan fingerprint density at radius 2 is 1.66 bits per heavy atom. The van der Waals surface area contributed by atoms with Gasteiger partial charge in [-0.25, -0.2) is 4.90 Å². The van der Waals surface area contributed by atoms with Gasteiger partial charge in [-0.2, -0.15) is 0 Å². The minimum atomic E-state index is -0.308. The lowest BCUT2D eigenvalue weighted by atomic mass is 9.99. The highest BCUT2D eigenvalue weighted by Gasteiger charge is 2.44. The van der Waals surface area contributed by atoms with E-state index >= 15 is 0 Å². The van der Waals surface area contributed by atoms with Gasteiger partial charge in [-0.05, 0) is 76.2 Å². The fourth-order valence-electron chi connectivity index (χ4n) is 4.60. The van der Waals surface area contributed by atoms with Crippen molar-refractivity contribution in [3.8, 4) is 5.75 Å². The number of hydrogen-bond acceptors (Lipinski definition) is 5. The molecule has 2 amide bonds. The Hall–Kier alpha value is -3.12. The van der Waals surface area contributed by atoms with Crippen LogP contribution in [0.2, 0.25) is 0 Å². The number of aryl methyl sites for hydroxylation is 2. The minimum absolute atomic E-state index is 0.197. The maximum Gasteiger partial charge on any atom is 0.282 e. The van der Waals surface area contributed by atoms with Crippen molar-refractivity contribution in [2.24, 2.45) is 0 Å². The van der Waals surface area contributed by atoms with Gasteiger partial charge in [0.1, 0.15) is 11.4 Å². The molecule has 0 spiro atoms. The van der Waals surface area contributed by atoms with Gasteiger partial charge >= 0.3 is 0 Å². The molecule has 168 valence electrons. The standard InChI is InChI=1S/C26H31N3O3/c1-17-10-11-20(16-18(17)2)29-25(30)23(21-8-6-7-9-22(21)32-5)24(26(29)31)28(4)19-12-14-27(3)15-13-19/h6-11,16,19H,12-15H2,1-5H3. The summed E-state index contributed by atoms with van der Waals surface area (Å²) in [6, 6.07) is 13.3. The van der Waals surface area contributed by atoms with Gasteiger partial charge < -0.3 is 14.5 Å². The highest BCUT2D eigenvalue weighted by molar-refractivity contribution is 6.45. The second kappa shape index (κ2) is 8.79. The molecule has 0 aliphatic carbocycles. The molecular weight excluding hydrogens is 402 g/mol. The molecule has 32 heavy (non-hydrogen) atoms. The Bertz CT molecular complexity index is 1080. The average Bonchev–Trinajstić information content (AvgIpc) is 3.05. The second-order valence-electron chi connectivity index (χ2n) is 8.78. The molecule has 2 heterocycles.